The summed E-state index contributed by atoms with van der Waals surface area (Å²) in [6.45, 7) is 6.04. The lowest BCUT2D eigenvalue weighted by atomic mass is 10.0. The highest BCUT2D eigenvalue weighted by atomic mass is 16.2. The van der Waals surface area contributed by atoms with E-state index in [2.05, 4.69) is 25.8 Å². The number of hydrogen-bond acceptors (Lipinski definition) is 5. The summed E-state index contributed by atoms with van der Waals surface area (Å²) in [5.41, 5.74) is 4.07. The number of amides is 1. The van der Waals surface area contributed by atoms with Gasteiger partial charge in [0, 0.05) is 12.1 Å². The van der Waals surface area contributed by atoms with Crippen LogP contribution in [0.5, 0.6) is 0 Å². The smallest absolute Gasteiger partial charge is 0.273 e. The number of carbonyl (C=O) groups excluding carboxylic acids is 1. The first kappa shape index (κ1) is 18.5. The van der Waals surface area contributed by atoms with Crippen LogP contribution in [0.4, 0.5) is 0 Å². The van der Waals surface area contributed by atoms with E-state index in [4.69, 9.17) is 0 Å². The average molecular weight is 366 g/mol. The van der Waals surface area contributed by atoms with Crippen LogP contribution in [0.15, 0.2) is 35.3 Å². The molecule has 0 fully saturated rings. The van der Waals surface area contributed by atoms with Crippen LogP contribution < -0.4 is 10.9 Å². The van der Waals surface area contributed by atoms with E-state index in [0.29, 0.717) is 18.4 Å². The zero-order chi connectivity index (χ0) is 19.4. The Hall–Kier alpha value is -3.29. The minimum atomic E-state index is -0.384. The number of H-pyrrole nitrogens is 1. The van der Waals surface area contributed by atoms with E-state index in [-0.39, 0.29) is 23.7 Å². The molecule has 27 heavy (non-hydrogen) atoms. The Bertz CT molecular complexity index is 1020. The summed E-state index contributed by atoms with van der Waals surface area (Å²) in [6.07, 6.45) is 2.96. The van der Waals surface area contributed by atoms with Crippen molar-refractivity contribution in [3.05, 3.63) is 68.9 Å². The van der Waals surface area contributed by atoms with Gasteiger partial charge in [0.05, 0.1) is 17.6 Å². The van der Waals surface area contributed by atoms with Crippen molar-refractivity contribution < 1.29 is 4.79 Å². The van der Waals surface area contributed by atoms with Crippen LogP contribution in [0, 0.1) is 6.92 Å². The summed E-state index contributed by atoms with van der Waals surface area (Å²) >= 11 is 0. The van der Waals surface area contributed by atoms with Crippen molar-refractivity contribution in [3.8, 4) is 5.69 Å². The van der Waals surface area contributed by atoms with Crippen molar-refractivity contribution in [3.63, 3.8) is 0 Å². The molecule has 0 aliphatic rings. The average Bonchev–Trinajstić information content (AvgIpc) is 3.17. The number of aromatic amines is 1. The molecule has 0 radical (unpaired) electrons. The van der Waals surface area contributed by atoms with Crippen molar-refractivity contribution >= 4 is 5.91 Å². The van der Waals surface area contributed by atoms with E-state index in [1.807, 2.05) is 45.0 Å². The predicted octanol–water partition coefficient (Wildman–Crippen LogP) is 1.71. The molecule has 0 saturated carbocycles. The summed E-state index contributed by atoms with van der Waals surface area (Å²) in [5, 5.41) is 17.3. The van der Waals surface area contributed by atoms with Crippen LogP contribution in [0.2, 0.25) is 0 Å². The second kappa shape index (κ2) is 7.94. The molecule has 0 atom stereocenters. The van der Waals surface area contributed by atoms with Gasteiger partial charge in [0.1, 0.15) is 0 Å². The molecule has 2 aromatic heterocycles. The number of rotatable bonds is 6. The van der Waals surface area contributed by atoms with Crippen LogP contribution >= 0.6 is 0 Å². The van der Waals surface area contributed by atoms with Crippen LogP contribution in [0.1, 0.15) is 46.7 Å². The van der Waals surface area contributed by atoms with Gasteiger partial charge in [-0.15, -0.1) is 5.10 Å². The molecule has 0 saturated heterocycles. The van der Waals surface area contributed by atoms with E-state index in [1.165, 1.54) is 0 Å². The topological polar surface area (TPSA) is 106 Å². The van der Waals surface area contributed by atoms with Gasteiger partial charge < -0.3 is 5.32 Å². The van der Waals surface area contributed by atoms with Crippen LogP contribution in [0.3, 0.4) is 0 Å². The predicted molar refractivity (Wildman–Crippen MR) is 101 cm³/mol. The van der Waals surface area contributed by atoms with E-state index >= 15 is 0 Å². The summed E-state index contributed by atoms with van der Waals surface area (Å²) in [5.74, 6) is -0.384. The van der Waals surface area contributed by atoms with Gasteiger partial charge in [-0.25, -0.2) is 9.78 Å². The SMILES string of the molecule is CCc1n[nH]c(=O)c(CNC(=O)c2cn(-c3cccc(C)c3)nn2)c1CC. The number of carbonyl (C=O) groups is 1. The molecule has 2 heterocycles. The van der Waals surface area contributed by atoms with Crippen LogP contribution in [-0.4, -0.2) is 31.1 Å². The quantitative estimate of drug-likeness (QED) is 0.691. The van der Waals surface area contributed by atoms with E-state index in [0.717, 1.165) is 22.5 Å². The minimum Gasteiger partial charge on any atom is -0.346 e. The Labute approximate surface area is 156 Å². The van der Waals surface area contributed by atoms with Crippen molar-refractivity contribution in [2.24, 2.45) is 0 Å². The lowest BCUT2D eigenvalue weighted by Gasteiger charge is -2.10. The lowest BCUT2D eigenvalue weighted by molar-refractivity contribution is 0.0945. The van der Waals surface area contributed by atoms with Crippen molar-refractivity contribution in [2.75, 3.05) is 0 Å². The molecule has 0 unspecified atom stereocenters. The fourth-order valence-electron chi connectivity index (χ4n) is 2.99. The first-order valence-electron chi connectivity index (χ1n) is 8.90. The zero-order valence-electron chi connectivity index (χ0n) is 15.6. The van der Waals surface area contributed by atoms with Crippen LogP contribution in [-0.2, 0) is 19.4 Å². The molecule has 140 valence electrons. The monoisotopic (exact) mass is 366 g/mol. The van der Waals surface area contributed by atoms with Crippen molar-refractivity contribution in [1.82, 2.24) is 30.5 Å². The van der Waals surface area contributed by atoms with Crippen molar-refractivity contribution in [2.45, 2.75) is 40.2 Å². The highest BCUT2D eigenvalue weighted by molar-refractivity contribution is 5.91. The normalized spacial score (nSPS) is 10.8. The number of nitrogens with zero attached hydrogens (tertiary/aromatic N) is 4. The summed E-state index contributed by atoms with van der Waals surface area (Å²) in [7, 11) is 0. The third kappa shape index (κ3) is 3.94. The third-order valence-electron chi connectivity index (χ3n) is 4.39. The zero-order valence-corrected chi connectivity index (χ0v) is 15.6. The van der Waals surface area contributed by atoms with Gasteiger partial charge in [-0.05, 0) is 43.0 Å². The standard InChI is InChI=1S/C19H22N6O2/c1-4-14-15(18(26)23-21-16(14)5-2)10-20-19(27)17-11-25(24-22-17)13-8-6-7-12(3)9-13/h6-9,11H,4-5,10H2,1-3H3,(H,20,27)(H,23,26). The molecule has 3 aromatic rings. The molecule has 3 rings (SSSR count). The lowest BCUT2D eigenvalue weighted by Crippen LogP contribution is -2.29. The van der Waals surface area contributed by atoms with Gasteiger partial charge in [-0.1, -0.05) is 31.2 Å². The number of aromatic nitrogens is 5. The first-order valence-corrected chi connectivity index (χ1v) is 8.90. The Kier molecular flexibility index (Phi) is 5.44. The molecule has 8 heteroatoms. The summed E-state index contributed by atoms with van der Waals surface area (Å²) < 4.78 is 1.55. The van der Waals surface area contributed by atoms with E-state index < -0.39 is 0 Å². The molecular weight excluding hydrogens is 344 g/mol. The fraction of sp³-hybridized carbons (Fsp3) is 0.316. The largest absolute Gasteiger partial charge is 0.346 e. The Morgan fingerprint density at radius 3 is 2.74 bits per heavy atom. The molecule has 1 amide bonds. The van der Waals surface area contributed by atoms with Gasteiger partial charge in [0.25, 0.3) is 11.5 Å². The second-order valence-corrected chi connectivity index (χ2v) is 6.23. The number of nitrogens with one attached hydrogen (secondary N) is 2. The van der Waals surface area contributed by atoms with Crippen LogP contribution in [0.25, 0.3) is 5.69 Å². The minimum absolute atomic E-state index is 0.115. The highest BCUT2D eigenvalue weighted by Gasteiger charge is 2.15. The Morgan fingerprint density at radius 2 is 2.04 bits per heavy atom. The molecule has 0 spiro atoms. The molecule has 0 aliphatic carbocycles. The highest BCUT2D eigenvalue weighted by Crippen LogP contribution is 2.11. The number of hydrogen-bond donors (Lipinski definition) is 2. The van der Waals surface area contributed by atoms with E-state index in [9.17, 15) is 9.59 Å². The molecule has 8 nitrogen and oxygen atoms in total. The Morgan fingerprint density at radius 1 is 1.22 bits per heavy atom. The summed E-state index contributed by atoms with van der Waals surface area (Å²) in [4.78, 5) is 24.6. The van der Waals surface area contributed by atoms with Gasteiger partial charge in [0.2, 0.25) is 0 Å². The molecule has 1 aromatic carbocycles. The maximum Gasteiger partial charge on any atom is 0.273 e. The Balaban J connectivity index is 1.77. The second-order valence-electron chi connectivity index (χ2n) is 6.23. The molecule has 0 aliphatic heterocycles. The maximum atomic E-state index is 12.4. The fourth-order valence-corrected chi connectivity index (χ4v) is 2.99. The van der Waals surface area contributed by atoms with E-state index in [1.54, 1.807) is 10.9 Å². The number of aryl methyl sites for hydroxylation is 2. The third-order valence-corrected chi connectivity index (χ3v) is 4.39. The van der Waals surface area contributed by atoms with Gasteiger partial charge >= 0.3 is 0 Å². The maximum absolute atomic E-state index is 12.4. The van der Waals surface area contributed by atoms with Gasteiger partial charge in [-0.2, -0.15) is 5.10 Å². The first-order chi connectivity index (χ1) is 13.0. The summed E-state index contributed by atoms with van der Waals surface area (Å²) in [6, 6.07) is 7.74. The van der Waals surface area contributed by atoms with Crippen molar-refractivity contribution in [1.29, 1.82) is 0 Å². The molecular formula is C19H22N6O2. The molecule has 2 N–H and O–H groups in total. The number of benzene rings is 1. The van der Waals surface area contributed by atoms with Gasteiger partial charge in [-0.3, -0.25) is 9.59 Å². The van der Waals surface area contributed by atoms with Gasteiger partial charge in [0.15, 0.2) is 5.69 Å². The molecule has 0 bridgehead atoms.